The third-order valence-electron chi connectivity index (χ3n) is 3.71. The summed E-state index contributed by atoms with van der Waals surface area (Å²) in [6, 6.07) is 7.79. The SMILES string of the molecule is Cc1ncc(Cn2c(=O)c3cncn3c3ccccc32)cn1. The fourth-order valence-corrected chi connectivity index (χ4v) is 2.63. The van der Waals surface area contributed by atoms with Crippen molar-refractivity contribution in [3.63, 3.8) is 0 Å². The van der Waals surface area contributed by atoms with Crippen LogP contribution >= 0.6 is 0 Å². The average molecular weight is 291 g/mol. The lowest BCUT2D eigenvalue weighted by Gasteiger charge is -2.12. The van der Waals surface area contributed by atoms with Gasteiger partial charge in [-0.25, -0.2) is 15.0 Å². The van der Waals surface area contributed by atoms with E-state index in [1.807, 2.05) is 35.6 Å². The molecule has 6 heteroatoms. The van der Waals surface area contributed by atoms with E-state index < -0.39 is 0 Å². The summed E-state index contributed by atoms with van der Waals surface area (Å²) in [4.78, 5) is 25.2. The zero-order valence-electron chi connectivity index (χ0n) is 12.0. The second-order valence-electron chi connectivity index (χ2n) is 5.17. The molecule has 3 heterocycles. The van der Waals surface area contributed by atoms with E-state index in [9.17, 15) is 4.79 Å². The molecule has 0 N–H and O–H groups in total. The minimum atomic E-state index is -0.0724. The second kappa shape index (κ2) is 4.77. The molecule has 0 aliphatic rings. The van der Waals surface area contributed by atoms with E-state index in [4.69, 9.17) is 0 Å². The van der Waals surface area contributed by atoms with Crippen molar-refractivity contribution in [3.05, 3.63) is 70.9 Å². The van der Waals surface area contributed by atoms with Crippen LogP contribution in [0.4, 0.5) is 0 Å². The Hall–Kier alpha value is -3.02. The van der Waals surface area contributed by atoms with Crippen LogP contribution in [-0.2, 0) is 6.54 Å². The molecule has 0 unspecified atom stereocenters. The summed E-state index contributed by atoms with van der Waals surface area (Å²) in [7, 11) is 0. The Morgan fingerprint density at radius 3 is 2.50 bits per heavy atom. The van der Waals surface area contributed by atoms with E-state index in [1.165, 1.54) is 0 Å². The number of fused-ring (bicyclic) bond motifs is 3. The fourth-order valence-electron chi connectivity index (χ4n) is 2.63. The molecule has 6 nitrogen and oxygen atoms in total. The van der Waals surface area contributed by atoms with Gasteiger partial charge in [-0.05, 0) is 19.1 Å². The number of aryl methyl sites for hydroxylation is 1. The Morgan fingerprint density at radius 2 is 1.73 bits per heavy atom. The normalized spacial score (nSPS) is 11.3. The van der Waals surface area contributed by atoms with Crippen molar-refractivity contribution in [2.24, 2.45) is 0 Å². The molecular formula is C16H13N5O. The Kier molecular flexibility index (Phi) is 2.75. The van der Waals surface area contributed by atoms with Crippen LogP contribution in [0.25, 0.3) is 16.6 Å². The Bertz CT molecular complexity index is 1030. The van der Waals surface area contributed by atoms with Crippen LogP contribution < -0.4 is 5.56 Å². The molecular weight excluding hydrogens is 278 g/mol. The molecule has 4 rings (SSSR count). The fraction of sp³-hybridized carbons (Fsp3) is 0.125. The van der Waals surface area contributed by atoms with Gasteiger partial charge in [-0.1, -0.05) is 12.1 Å². The average Bonchev–Trinajstić information content (AvgIpc) is 3.03. The monoisotopic (exact) mass is 291 g/mol. The van der Waals surface area contributed by atoms with E-state index >= 15 is 0 Å². The first-order valence-electron chi connectivity index (χ1n) is 6.95. The smallest absolute Gasteiger partial charge is 0.277 e. The largest absolute Gasteiger partial charge is 0.300 e. The third kappa shape index (κ3) is 1.88. The van der Waals surface area contributed by atoms with Gasteiger partial charge in [0.05, 0.1) is 30.1 Å². The zero-order chi connectivity index (χ0) is 15.1. The molecule has 108 valence electrons. The Morgan fingerprint density at radius 1 is 1.00 bits per heavy atom. The van der Waals surface area contributed by atoms with Crippen LogP contribution in [0.3, 0.4) is 0 Å². The number of imidazole rings is 1. The van der Waals surface area contributed by atoms with Gasteiger partial charge in [-0.2, -0.15) is 0 Å². The van der Waals surface area contributed by atoms with Crippen molar-refractivity contribution < 1.29 is 0 Å². The number of para-hydroxylation sites is 2. The second-order valence-corrected chi connectivity index (χ2v) is 5.17. The maximum absolute atomic E-state index is 12.7. The number of hydrogen-bond acceptors (Lipinski definition) is 4. The van der Waals surface area contributed by atoms with Crippen LogP contribution in [0.5, 0.6) is 0 Å². The number of rotatable bonds is 2. The molecule has 22 heavy (non-hydrogen) atoms. The summed E-state index contributed by atoms with van der Waals surface area (Å²) < 4.78 is 3.56. The first-order chi connectivity index (χ1) is 10.7. The van der Waals surface area contributed by atoms with Gasteiger partial charge in [-0.15, -0.1) is 0 Å². The number of benzene rings is 1. The summed E-state index contributed by atoms with van der Waals surface area (Å²) >= 11 is 0. The van der Waals surface area contributed by atoms with Crippen LogP contribution in [0.15, 0.2) is 54.0 Å². The predicted octanol–water partition coefficient (Wildman–Crippen LogP) is 1.80. The summed E-state index contributed by atoms with van der Waals surface area (Å²) in [5, 5.41) is 0. The van der Waals surface area contributed by atoms with Gasteiger partial charge in [0.1, 0.15) is 11.3 Å². The van der Waals surface area contributed by atoms with E-state index in [-0.39, 0.29) is 5.56 Å². The van der Waals surface area contributed by atoms with E-state index in [0.717, 1.165) is 16.6 Å². The van der Waals surface area contributed by atoms with Crippen molar-refractivity contribution >= 4 is 16.6 Å². The topological polar surface area (TPSA) is 65.1 Å². The lowest BCUT2D eigenvalue weighted by atomic mass is 10.2. The van der Waals surface area contributed by atoms with E-state index in [0.29, 0.717) is 17.9 Å². The molecule has 3 aromatic heterocycles. The summed E-state index contributed by atoms with van der Waals surface area (Å²) in [6.07, 6.45) is 6.77. The molecule has 0 radical (unpaired) electrons. The summed E-state index contributed by atoms with van der Waals surface area (Å²) in [5.74, 6) is 0.715. The standard InChI is InChI=1S/C16H13N5O/c1-11-18-6-12(7-19-11)9-20-13-4-2-3-5-14(13)21-10-17-8-15(21)16(20)22/h2-8,10H,9H2,1H3. The minimum absolute atomic E-state index is 0.0724. The van der Waals surface area contributed by atoms with Gasteiger partial charge in [0.15, 0.2) is 0 Å². The van der Waals surface area contributed by atoms with Gasteiger partial charge in [-0.3, -0.25) is 9.20 Å². The highest BCUT2D eigenvalue weighted by Crippen LogP contribution is 2.15. The van der Waals surface area contributed by atoms with Gasteiger partial charge in [0.2, 0.25) is 0 Å². The number of hydrogen-bond donors (Lipinski definition) is 0. The molecule has 0 saturated carbocycles. The van der Waals surface area contributed by atoms with Crippen LogP contribution in [0.1, 0.15) is 11.4 Å². The highest BCUT2D eigenvalue weighted by molar-refractivity contribution is 5.78. The first-order valence-corrected chi connectivity index (χ1v) is 6.95. The van der Waals surface area contributed by atoms with Crippen molar-refractivity contribution in [1.82, 2.24) is 23.9 Å². The molecule has 0 bridgehead atoms. The lowest BCUT2D eigenvalue weighted by molar-refractivity contribution is 0.781. The third-order valence-corrected chi connectivity index (χ3v) is 3.71. The molecule has 0 atom stereocenters. The van der Waals surface area contributed by atoms with Crippen molar-refractivity contribution in [2.75, 3.05) is 0 Å². The summed E-state index contributed by atoms with van der Waals surface area (Å²) in [5.41, 5.74) is 3.19. The van der Waals surface area contributed by atoms with E-state index in [2.05, 4.69) is 15.0 Å². The number of aromatic nitrogens is 5. The van der Waals surface area contributed by atoms with Gasteiger partial charge < -0.3 is 4.57 Å². The Labute approximate surface area is 125 Å². The predicted molar refractivity (Wildman–Crippen MR) is 82.8 cm³/mol. The molecule has 0 spiro atoms. The lowest BCUT2D eigenvalue weighted by Crippen LogP contribution is -2.23. The highest BCUT2D eigenvalue weighted by Gasteiger charge is 2.11. The maximum atomic E-state index is 12.7. The van der Waals surface area contributed by atoms with Crippen LogP contribution in [0.2, 0.25) is 0 Å². The number of nitrogens with zero attached hydrogens (tertiary/aromatic N) is 5. The van der Waals surface area contributed by atoms with Crippen molar-refractivity contribution in [1.29, 1.82) is 0 Å². The molecule has 0 aliphatic heterocycles. The van der Waals surface area contributed by atoms with Crippen LogP contribution in [-0.4, -0.2) is 23.9 Å². The van der Waals surface area contributed by atoms with Gasteiger partial charge in [0, 0.05) is 18.0 Å². The quantitative estimate of drug-likeness (QED) is 0.565. The molecule has 0 saturated heterocycles. The molecule has 0 fully saturated rings. The molecule has 4 aromatic rings. The molecule has 0 amide bonds. The van der Waals surface area contributed by atoms with Gasteiger partial charge >= 0.3 is 0 Å². The molecule has 1 aromatic carbocycles. The van der Waals surface area contributed by atoms with Crippen molar-refractivity contribution in [3.8, 4) is 0 Å². The van der Waals surface area contributed by atoms with Crippen molar-refractivity contribution in [2.45, 2.75) is 13.5 Å². The minimum Gasteiger partial charge on any atom is -0.300 e. The first kappa shape index (κ1) is 12.7. The van der Waals surface area contributed by atoms with E-state index in [1.54, 1.807) is 29.5 Å². The Balaban J connectivity index is 2.00. The van der Waals surface area contributed by atoms with Crippen LogP contribution in [0, 0.1) is 6.92 Å². The maximum Gasteiger partial charge on any atom is 0.277 e. The summed E-state index contributed by atoms with van der Waals surface area (Å²) in [6.45, 7) is 2.27. The zero-order valence-corrected chi connectivity index (χ0v) is 12.0. The molecule has 0 aliphatic carbocycles. The van der Waals surface area contributed by atoms with Gasteiger partial charge in [0.25, 0.3) is 5.56 Å². The highest BCUT2D eigenvalue weighted by atomic mass is 16.1.